The Hall–Kier alpha value is -1.81. The average molecular weight is 255 g/mol. The monoisotopic (exact) mass is 255 g/mol. The molecule has 2 aromatic heterocycles. The molecule has 98 valence electrons. The minimum atomic E-state index is 0.0445. The van der Waals surface area contributed by atoms with Crippen LogP contribution in [0.3, 0.4) is 0 Å². The summed E-state index contributed by atoms with van der Waals surface area (Å²) < 4.78 is 2.01. The first kappa shape index (κ1) is 11.1. The number of carbonyl (C=O) groups excluding carboxylic acids is 1. The first-order chi connectivity index (χ1) is 9.29. The Bertz CT molecular complexity index is 633. The van der Waals surface area contributed by atoms with Crippen molar-refractivity contribution in [2.75, 3.05) is 0 Å². The highest BCUT2D eigenvalue weighted by Gasteiger charge is 2.39. The fourth-order valence-corrected chi connectivity index (χ4v) is 3.41. The van der Waals surface area contributed by atoms with Crippen LogP contribution < -0.4 is 10.6 Å². The number of aromatic nitrogens is 1. The summed E-state index contributed by atoms with van der Waals surface area (Å²) in [7, 11) is 0. The van der Waals surface area contributed by atoms with Crippen LogP contribution in [-0.4, -0.2) is 28.4 Å². The number of nitrogens with zero attached hydrogens (tertiary/aromatic N) is 1. The molecule has 2 saturated heterocycles. The van der Waals surface area contributed by atoms with Crippen molar-refractivity contribution in [1.29, 1.82) is 0 Å². The van der Waals surface area contributed by atoms with E-state index in [4.69, 9.17) is 0 Å². The summed E-state index contributed by atoms with van der Waals surface area (Å²) in [6.07, 6.45) is 7.43. The zero-order valence-electron chi connectivity index (χ0n) is 10.7. The molecular formula is C15H17N3O. The molecule has 0 aromatic carbocycles. The van der Waals surface area contributed by atoms with Gasteiger partial charge < -0.3 is 15.0 Å². The van der Waals surface area contributed by atoms with Gasteiger partial charge >= 0.3 is 0 Å². The second kappa shape index (κ2) is 4.10. The molecule has 2 aromatic rings. The Morgan fingerprint density at radius 2 is 2.26 bits per heavy atom. The van der Waals surface area contributed by atoms with E-state index in [1.165, 1.54) is 12.8 Å². The van der Waals surface area contributed by atoms with Crippen molar-refractivity contribution < 1.29 is 4.79 Å². The molecule has 4 heterocycles. The van der Waals surface area contributed by atoms with Crippen molar-refractivity contribution in [3.05, 3.63) is 42.2 Å². The Morgan fingerprint density at radius 3 is 3.05 bits per heavy atom. The number of carbonyl (C=O) groups is 1. The van der Waals surface area contributed by atoms with Crippen molar-refractivity contribution in [1.82, 2.24) is 15.0 Å². The molecule has 19 heavy (non-hydrogen) atoms. The van der Waals surface area contributed by atoms with Crippen molar-refractivity contribution >= 4 is 11.4 Å². The maximum absolute atomic E-state index is 12.3. The molecule has 0 radical (unpaired) electrons. The predicted octanol–water partition coefficient (Wildman–Crippen LogP) is 1.56. The van der Waals surface area contributed by atoms with Crippen LogP contribution in [0.15, 0.2) is 36.7 Å². The molecule has 2 fully saturated rings. The lowest BCUT2D eigenvalue weighted by Crippen LogP contribution is -2.42. The third-order valence-electron chi connectivity index (χ3n) is 4.41. The lowest BCUT2D eigenvalue weighted by atomic mass is 9.95. The molecule has 3 atom stereocenters. The van der Waals surface area contributed by atoms with E-state index < -0.39 is 0 Å². The smallest absolute Gasteiger partial charge is 0.251 e. The van der Waals surface area contributed by atoms with Crippen LogP contribution in [0, 0.1) is 0 Å². The van der Waals surface area contributed by atoms with E-state index in [1.54, 1.807) is 0 Å². The van der Waals surface area contributed by atoms with E-state index in [-0.39, 0.29) is 5.91 Å². The second-order valence-corrected chi connectivity index (χ2v) is 5.62. The molecule has 2 aliphatic heterocycles. The molecule has 0 aliphatic carbocycles. The molecule has 1 amide bonds. The minimum absolute atomic E-state index is 0.0445. The highest BCUT2D eigenvalue weighted by Crippen LogP contribution is 2.28. The summed E-state index contributed by atoms with van der Waals surface area (Å²) in [5, 5.41) is 6.71. The molecule has 4 nitrogen and oxygen atoms in total. The summed E-state index contributed by atoms with van der Waals surface area (Å²) in [5.74, 6) is 0.0445. The maximum Gasteiger partial charge on any atom is 0.251 e. The minimum Gasteiger partial charge on any atom is -0.348 e. The van der Waals surface area contributed by atoms with Crippen LogP contribution in [0.4, 0.5) is 0 Å². The number of nitrogens with one attached hydrogen (secondary N) is 2. The molecule has 0 spiro atoms. The van der Waals surface area contributed by atoms with Crippen LogP contribution in [0.5, 0.6) is 0 Å². The van der Waals surface area contributed by atoms with Crippen LogP contribution in [0.1, 0.15) is 29.6 Å². The Kier molecular flexibility index (Phi) is 2.38. The van der Waals surface area contributed by atoms with Crippen molar-refractivity contribution in [3.63, 3.8) is 0 Å². The molecular weight excluding hydrogens is 238 g/mol. The summed E-state index contributed by atoms with van der Waals surface area (Å²) in [5.41, 5.74) is 1.80. The fraction of sp³-hybridized carbons (Fsp3) is 0.400. The average Bonchev–Trinajstić information content (AvgIpc) is 3.13. The zero-order valence-corrected chi connectivity index (χ0v) is 10.7. The summed E-state index contributed by atoms with van der Waals surface area (Å²) >= 11 is 0. The summed E-state index contributed by atoms with van der Waals surface area (Å²) in [6, 6.07) is 9.20. The van der Waals surface area contributed by atoms with Gasteiger partial charge in [0.25, 0.3) is 5.91 Å². The van der Waals surface area contributed by atoms with E-state index in [2.05, 4.69) is 10.6 Å². The number of amides is 1. The van der Waals surface area contributed by atoms with Gasteiger partial charge in [0, 0.05) is 41.6 Å². The standard InChI is InChI=1S/C15H17N3O/c19-15(17-14-9-11-3-4-13(14)16-11)10-5-7-18-6-1-2-12(18)8-10/h1-2,5-8,11,13-14,16H,3-4,9H2,(H,17,19). The van der Waals surface area contributed by atoms with Crippen LogP contribution >= 0.6 is 0 Å². The topological polar surface area (TPSA) is 45.5 Å². The number of hydrogen-bond donors (Lipinski definition) is 2. The van der Waals surface area contributed by atoms with E-state index in [0.29, 0.717) is 18.1 Å². The number of hydrogen-bond acceptors (Lipinski definition) is 2. The van der Waals surface area contributed by atoms with Gasteiger partial charge in [-0.2, -0.15) is 0 Å². The van der Waals surface area contributed by atoms with E-state index >= 15 is 0 Å². The van der Waals surface area contributed by atoms with Gasteiger partial charge in [-0.25, -0.2) is 0 Å². The lowest BCUT2D eigenvalue weighted by Gasteiger charge is -2.21. The van der Waals surface area contributed by atoms with Crippen LogP contribution in [0.2, 0.25) is 0 Å². The van der Waals surface area contributed by atoms with Crippen molar-refractivity contribution in [2.24, 2.45) is 0 Å². The van der Waals surface area contributed by atoms with Gasteiger partial charge in [0.15, 0.2) is 0 Å². The third kappa shape index (κ3) is 1.83. The molecule has 2 N–H and O–H groups in total. The van der Waals surface area contributed by atoms with E-state index in [0.717, 1.165) is 17.5 Å². The molecule has 2 aliphatic rings. The Labute approximate surface area is 111 Å². The van der Waals surface area contributed by atoms with Crippen LogP contribution in [0.25, 0.3) is 5.52 Å². The van der Waals surface area contributed by atoms with Gasteiger partial charge in [-0.1, -0.05) is 0 Å². The molecule has 4 heteroatoms. The predicted molar refractivity (Wildman–Crippen MR) is 73.2 cm³/mol. The molecule has 4 rings (SSSR count). The molecule has 3 unspecified atom stereocenters. The fourth-order valence-electron chi connectivity index (χ4n) is 3.41. The van der Waals surface area contributed by atoms with Gasteiger partial charge in [0.2, 0.25) is 0 Å². The summed E-state index contributed by atoms with van der Waals surface area (Å²) in [6.45, 7) is 0. The normalized spacial score (nSPS) is 28.9. The van der Waals surface area contributed by atoms with Crippen molar-refractivity contribution in [3.8, 4) is 0 Å². The van der Waals surface area contributed by atoms with Gasteiger partial charge in [-0.15, -0.1) is 0 Å². The number of pyridine rings is 1. The lowest BCUT2D eigenvalue weighted by molar-refractivity contribution is 0.0931. The van der Waals surface area contributed by atoms with Crippen LogP contribution in [-0.2, 0) is 0 Å². The molecule has 2 bridgehead atoms. The van der Waals surface area contributed by atoms with Gasteiger partial charge in [0.05, 0.1) is 0 Å². The quantitative estimate of drug-likeness (QED) is 0.855. The van der Waals surface area contributed by atoms with E-state index in [9.17, 15) is 4.79 Å². The van der Waals surface area contributed by atoms with Gasteiger partial charge in [-0.3, -0.25) is 4.79 Å². The second-order valence-electron chi connectivity index (χ2n) is 5.62. The third-order valence-corrected chi connectivity index (χ3v) is 4.41. The number of fused-ring (bicyclic) bond motifs is 3. The van der Waals surface area contributed by atoms with Crippen molar-refractivity contribution in [2.45, 2.75) is 37.4 Å². The molecule has 0 saturated carbocycles. The SMILES string of the molecule is O=C(NC1CC2CCC1N2)c1ccn2cccc2c1. The Morgan fingerprint density at radius 1 is 1.32 bits per heavy atom. The van der Waals surface area contributed by atoms with Gasteiger partial charge in [0.1, 0.15) is 0 Å². The maximum atomic E-state index is 12.3. The van der Waals surface area contributed by atoms with E-state index in [1.807, 2.05) is 41.1 Å². The largest absolute Gasteiger partial charge is 0.348 e. The zero-order chi connectivity index (χ0) is 12.8. The summed E-state index contributed by atoms with van der Waals surface area (Å²) in [4.78, 5) is 12.3. The first-order valence-electron chi connectivity index (χ1n) is 6.93. The number of rotatable bonds is 2. The Balaban J connectivity index is 1.53. The highest BCUT2D eigenvalue weighted by atomic mass is 16.1. The highest BCUT2D eigenvalue weighted by molar-refractivity contribution is 5.95. The van der Waals surface area contributed by atoms with Gasteiger partial charge in [-0.05, 0) is 43.5 Å². The first-order valence-corrected chi connectivity index (χ1v) is 6.93.